The lowest BCUT2D eigenvalue weighted by molar-refractivity contribution is 0.459. The van der Waals surface area contributed by atoms with Gasteiger partial charge in [0.05, 0.1) is 11.2 Å². The Kier molecular flexibility index (Phi) is 2.98. The lowest BCUT2D eigenvalue weighted by Gasteiger charge is -2.29. The Bertz CT molecular complexity index is 332. The molecule has 1 aromatic heterocycles. The Labute approximate surface area is 95.1 Å². The molecule has 1 fully saturated rings. The van der Waals surface area contributed by atoms with Crippen LogP contribution in [0.2, 0.25) is 0 Å². The molecule has 1 aliphatic carbocycles. The predicted octanol–water partition coefficient (Wildman–Crippen LogP) is 2.24. The summed E-state index contributed by atoms with van der Waals surface area (Å²) in [5.41, 5.74) is 7.06. The molecule has 1 aliphatic rings. The fourth-order valence-corrected chi connectivity index (χ4v) is 2.74. The van der Waals surface area contributed by atoms with E-state index in [-0.39, 0.29) is 5.54 Å². The van der Waals surface area contributed by atoms with Crippen LogP contribution in [0.3, 0.4) is 0 Å². The summed E-state index contributed by atoms with van der Waals surface area (Å²) in [6, 6.07) is 0. The molecular formula is C11H19N3S. The number of hydrogen-bond acceptors (Lipinski definition) is 4. The molecule has 1 unspecified atom stereocenters. The Morgan fingerprint density at radius 3 is 2.87 bits per heavy atom. The number of nitrogens with zero attached hydrogens (tertiary/aromatic N) is 1. The fraction of sp³-hybridized carbons (Fsp3) is 0.727. The Balaban J connectivity index is 2.05. The zero-order valence-corrected chi connectivity index (χ0v) is 10.2. The number of thiazole rings is 1. The van der Waals surface area contributed by atoms with Gasteiger partial charge in [-0.15, -0.1) is 11.3 Å². The van der Waals surface area contributed by atoms with Crippen LogP contribution in [0.4, 0.5) is 5.13 Å². The first-order valence-electron chi connectivity index (χ1n) is 5.60. The van der Waals surface area contributed by atoms with Crippen molar-refractivity contribution < 1.29 is 0 Å². The maximum atomic E-state index is 5.85. The monoisotopic (exact) mass is 225 g/mol. The molecule has 0 saturated heterocycles. The highest BCUT2D eigenvalue weighted by Crippen LogP contribution is 2.41. The van der Waals surface area contributed by atoms with Gasteiger partial charge in [-0.3, -0.25) is 0 Å². The summed E-state index contributed by atoms with van der Waals surface area (Å²) in [7, 11) is 0. The van der Waals surface area contributed by atoms with Crippen molar-refractivity contribution in [2.45, 2.75) is 38.6 Å². The summed E-state index contributed by atoms with van der Waals surface area (Å²) >= 11 is 1.68. The Morgan fingerprint density at radius 2 is 2.40 bits per heavy atom. The number of aromatic nitrogens is 1. The third-order valence-electron chi connectivity index (χ3n) is 3.21. The quantitative estimate of drug-likeness (QED) is 0.808. The molecule has 0 aliphatic heterocycles. The van der Waals surface area contributed by atoms with Crippen molar-refractivity contribution in [2.24, 2.45) is 11.7 Å². The van der Waals surface area contributed by atoms with Crippen molar-refractivity contribution >= 4 is 16.5 Å². The van der Waals surface area contributed by atoms with E-state index in [0.29, 0.717) is 6.54 Å². The summed E-state index contributed by atoms with van der Waals surface area (Å²) in [5.74, 6) is 0.733. The summed E-state index contributed by atoms with van der Waals surface area (Å²) in [6.45, 7) is 5.01. The number of nitrogens with two attached hydrogens (primary N) is 1. The minimum atomic E-state index is 0.0445. The smallest absolute Gasteiger partial charge is 0.183 e. The van der Waals surface area contributed by atoms with Crippen molar-refractivity contribution in [3.8, 4) is 0 Å². The van der Waals surface area contributed by atoms with Crippen LogP contribution in [0.25, 0.3) is 0 Å². The summed E-state index contributed by atoms with van der Waals surface area (Å²) in [4.78, 5) is 4.52. The molecule has 3 N–H and O–H groups in total. The number of rotatable bonds is 5. The van der Waals surface area contributed by atoms with Crippen LogP contribution in [0.5, 0.6) is 0 Å². The minimum Gasteiger partial charge on any atom is -0.355 e. The zero-order valence-electron chi connectivity index (χ0n) is 9.42. The molecule has 0 radical (unpaired) electrons. The van der Waals surface area contributed by atoms with Crippen LogP contribution < -0.4 is 11.1 Å². The van der Waals surface area contributed by atoms with E-state index >= 15 is 0 Å². The van der Waals surface area contributed by atoms with Crippen LogP contribution >= 0.6 is 11.3 Å². The van der Waals surface area contributed by atoms with E-state index < -0.39 is 0 Å². The molecular weight excluding hydrogens is 206 g/mol. The summed E-state index contributed by atoms with van der Waals surface area (Å²) in [6.07, 6.45) is 3.60. The van der Waals surface area contributed by atoms with Gasteiger partial charge in [0.2, 0.25) is 0 Å². The van der Waals surface area contributed by atoms with Crippen LogP contribution in [0.15, 0.2) is 5.38 Å². The highest BCUT2D eigenvalue weighted by Gasteiger charge is 2.40. The topological polar surface area (TPSA) is 50.9 Å². The van der Waals surface area contributed by atoms with E-state index in [1.165, 1.54) is 12.8 Å². The highest BCUT2D eigenvalue weighted by atomic mass is 32.1. The maximum absolute atomic E-state index is 5.85. The second kappa shape index (κ2) is 4.10. The van der Waals surface area contributed by atoms with Crippen molar-refractivity contribution in [3.05, 3.63) is 11.1 Å². The SMILES string of the molecule is CCc1csc(NC(C)(CN)C2CC2)n1. The van der Waals surface area contributed by atoms with Crippen molar-refractivity contribution in [2.75, 3.05) is 11.9 Å². The number of anilines is 1. The first-order chi connectivity index (χ1) is 7.18. The molecule has 1 heterocycles. The van der Waals surface area contributed by atoms with Gasteiger partial charge in [0, 0.05) is 11.9 Å². The van der Waals surface area contributed by atoms with Gasteiger partial charge in [0.1, 0.15) is 0 Å². The molecule has 15 heavy (non-hydrogen) atoms. The van der Waals surface area contributed by atoms with E-state index in [4.69, 9.17) is 5.73 Å². The Morgan fingerprint density at radius 1 is 1.67 bits per heavy atom. The Hall–Kier alpha value is -0.610. The normalized spacial score (nSPS) is 19.9. The van der Waals surface area contributed by atoms with E-state index in [1.807, 2.05) is 0 Å². The average Bonchev–Trinajstić information content (AvgIpc) is 3.01. The first-order valence-corrected chi connectivity index (χ1v) is 6.48. The van der Waals surface area contributed by atoms with Gasteiger partial charge in [-0.2, -0.15) is 0 Å². The standard InChI is InChI=1S/C11H19N3S/c1-3-9-6-15-10(13-9)14-11(2,7-12)8-4-5-8/h6,8H,3-5,7,12H2,1-2H3,(H,13,14). The fourth-order valence-electron chi connectivity index (χ4n) is 1.81. The number of aryl methyl sites for hydroxylation is 1. The van der Waals surface area contributed by atoms with E-state index in [0.717, 1.165) is 23.2 Å². The summed E-state index contributed by atoms with van der Waals surface area (Å²) < 4.78 is 0. The molecule has 0 spiro atoms. The van der Waals surface area contributed by atoms with Crippen LogP contribution in [-0.4, -0.2) is 17.1 Å². The van der Waals surface area contributed by atoms with Crippen LogP contribution in [0, 0.1) is 5.92 Å². The third kappa shape index (κ3) is 2.32. The van der Waals surface area contributed by atoms with Crippen molar-refractivity contribution in [3.63, 3.8) is 0 Å². The molecule has 3 nitrogen and oxygen atoms in total. The number of nitrogens with one attached hydrogen (secondary N) is 1. The van der Waals surface area contributed by atoms with Crippen LogP contribution in [0.1, 0.15) is 32.4 Å². The van der Waals surface area contributed by atoms with E-state index in [1.54, 1.807) is 11.3 Å². The minimum absolute atomic E-state index is 0.0445. The predicted molar refractivity (Wildman–Crippen MR) is 65.3 cm³/mol. The lowest BCUT2D eigenvalue weighted by Crippen LogP contribution is -2.44. The molecule has 1 saturated carbocycles. The molecule has 1 atom stereocenters. The molecule has 1 aromatic rings. The molecule has 84 valence electrons. The van der Waals surface area contributed by atoms with Gasteiger partial charge in [0.15, 0.2) is 5.13 Å². The van der Waals surface area contributed by atoms with E-state index in [9.17, 15) is 0 Å². The zero-order chi connectivity index (χ0) is 10.9. The van der Waals surface area contributed by atoms with Gasteiger partial charge < -0.3 is 11.1 Å². The van der Waals surface area contributed by atoms with Gasteiger partial charge in [-0.05, 0) is 32.1 Å². The van der Waals surface area contributed by atoms with Gasteiger partial charge in [0.25, 0.3) is 0 Å². The van der Waals surface area contributed by atoms with Gasteiger partial charge in [-0.25, -0.2) is 4.98 Å². The van der Waals surface area contributed by atoms with Crippen LogP contribution in [-0.2, 0) is 6.42 Å². The maximum Gasteiger partial charge on any atom is 0.183 e. The van der Waals surface area contributed by atoms with Gasteiger partial charge >= 0.3 is 0 Å². The second-order valence-corrected chi connectivity index (χ2v) is 5.38. The number of hydrogen-bond donors (Lipinski definition) is 2. The third-order valence-corrected chi connectivity index (χ3v) is 4.02. The summed E-state index contributed by atoms with van der Waals surface area (Å²) in [5, 5.41) is 6.64. The van der Waals surface area contributed by atoms with E-state index in [2.05, 4.69) is 29.5 Å². The average molecular weight is 225 g/mol. The molecule has 4 heteroatoms. The largest absolute Gasteiger partial charge is 0.355 e. The van der Waals surface area contributed by atoms with Gasteiger partial charge in [-0.1, -0.05) is 6.92 Å². The lowest BCUT2D eigenvalue weighted by atomic mass is 9.96. The molecule has 0 aromatic carbocycles. The first kappa shape index (κ1) is 10.9. The van der Waals surface area contributed by atoms with Crippen molar-refractivity contribution in [1.29, 1.82) is 0 Å². The van der Waals surface area contributed by atoms with Crippen molar-refractivity contribution in [1.82, 2.24) is 4.98 Å². The molecule has 2 rings (SSSR count). The molecule has 0 bridgehead atoms. The second-order valence-electron chi connectivity index (χ2n) is 4.52. The highest BCUT2D eigenvalue weighted by molar-refractivity contribution is 7.13. The molecule has 0 amide bonds.